The van der Waals surface area contributed by atoms with Crippen LogP contribution < -0.4 is 5.32 Å². The van der Waals surface area contributed by atoms with E-state index in [2.05, 4.69) is 19.2 Å². The molecule has 0 bridgehead atoms. The molecule has 90 valence electrons. The summed E-state index contributed by atoms with van der Waals surface area (Å²) in [5.41, 5.74) is -0.563. The predicted octanol–water partition coefficient (Wildman–Crippen LogP) is 2.35. The van der Waals surface area contributed by atoms with E-state index in [9.17, 15) is 4.79 Å². The Bertz CT molecular complexity index is 188. The first-order valence-corrected chi connectivity index (χ1v) is 5.82. The topological polar surface area (TPSA) is 38.3 Å². The van der Waals surface area contributed by atoms with Gasteiger partial charge in [0, 0.05) is 0 Å². The van der Waals surface area contributed by atoms with Crippen LogP contribution in [0.3, 0.4) is 0 Å². The summed E-state index contributed by atoms with van der Waals surface area (Å²) in [6.45, 7) is 11.3. The van der Waals surface area contributed by atoms with Crippen LogP contribution in [0.4, 0.5) is 0 Å². The lowest BCUT2D eigenvalue weighted by molar-refractivity contribution is -0.149. The van der Waals surface area contributed by atoms with Gasteiger partial charge < -0.3 is 10.1 Å². The minimum absolute atomic E-state index is 0.172. The Labute approximate surface area is 93.6 Å². The Kier molecular flexibility index (Phi) is 6.57. The molecule has 0 radical (unpaired) electrons. The summed E-state index contributed by atoms with van der Waals surface area (Å²) in [6.07, 6.45) is 2.28. The number of ether oxygens (including phenoxy) is 1. The van der Waals surface area contributed by atoms with Crippen LogP contribution in [0.5, 0.6) is 0 Å². The van der Waals surface area contributed by atoms with E-state index in [0.717, 1.165) is 18.9 Å². The van der Waals surface area contributed by atoms with E-state index in [0.29, 0.717) is 6.61 Å². The monoisotopic (exact) mass is 215 g/mol. The van der Waals surface area contributed by atoms with Crippen LogP contribution in [0, 0.1) is 5.92 Å². The van der Waals surface area contributed by atoms with Crippen LogP contribution in [0.2, 0.25) is 0 Å². The van der Waals surface area contributed by atoms with Crippen molar-refractivity contribution in [2.24, 2.45) is 5.92 Å². The van der Waals surface area contributed by atoms with Gasteiger partial charge in [-0.05, 0) is 46.1 Å². The summed E-state index contributed by atoms with van der Waals surface area (Å²) in [7, 11) is 0. The zero-order valence-corrected chi connectivity index (χ0v) is 10.7. The van der Waals surface area contributed by atoms with Crippen LogP contribution >= 0.6 is 0 Å². The van der Waals surface area contributed by atoms with Crippen molar-refractivity contribution in [1.29, 1.82) is 0 Å². The molecule has 0 aliphatic carbocycles. The highest BCUT2D eigenvalue weighted by atomic mass is 16.5. The fraction of sp³-hybridized carbons (Fsp3) is 0.917. The van der Waals surface area contributed by atoms with Gasteiger partial charge in [-0.25, -0.2) is 0 Å². The Morgan fingerprint density at radius 3 is 2.47 bits per heavy atom. The highest BCUT2D eigenvalue weighted by Gasteiger charge is 2.27. The van der Waals surface area contributed by atoms with E-state index >= 15 is 0 Å². The fourth-order valence-corrected chi connectivity index (χ4v) is 1.29. The molecule has 1 N–H and O–H groups in total. The maximum absolute atomic E-state index is 11.5. The molecule has 3 nitrogen and oxygen atoms in total. The molecule has 0 heterocycles. The molecular formula is C12H25NO2. The third-order valence-corrected chi connectivity index (χ3v) is 2.31. The molecule has 15 heavy (non-hydrogen) atoms. The standard InChI is InChI=1S/C12H25NO2/c1-6-15-11(14)12(4,5)13-9-7-8-10(2)3/h10,13H,6-9H2,1-5H3. The lowest BCUT2D eigenvalue weighted by Gasteiger charge is -2.24. The number of esters is 1. The molecule has 0 aromatic carbocycles. The van der Waals surface area contributed by atoms with Gasteiger partial charge in [0.15, 0.2) is 0 Å². The first kappa shape index (κ1) is 14.4. The maximum atomic E-state index is 11.5. The fourth-order valence-electron chi connectivity index (χ4n) is 1.29. The molecule has 3 heteroatoms. The molecule has 0 spiro atoms. The average molecular weight is 215 g/mol. The minimum atomic E-state index is -0.563. The van der Waals surface area contributed by atoms with Crippen molar-refractivity contribution in [2.75, 3.05) is 13.2 Å². The van der Waals surface area contributed by atoms with Crippen molar-refractivity contribution in [3.05, 3.63) is 0 Å². The highest BCUT2D eigenvalue weighted by molar-refractivity contribution is 5.79. The third-order valence-electron chi connectivity index (χ3n) is 2.31. The van der Waals surface area contributed by atoms with Gasteiger partial charge in [0.2, 0.25) is 0 Å². The zero-order valence-electron chi connectivity index (χ0n) is 10.7. The van der Waals surface area contributed by atoms with Crippen LogP contribution in [-0.2, 0) is 9.53 Å². The quantitative estimate of drug-likeness (QED) is 0.523. The molecule has 0 saturated carbocycles. The summed E-state index contributed by atoms with van der Waals surface area (Å²) < 4.78 is 4.98. The molecule has 0 aliphatic heterocycles. The van der Waals surface area contributed by atoms with Crippen LogP contribution in [-0.4, -0.2) is 24.7 Å². The molecule has 0 unspecified atom stereocenters. The average Bonchev–Trinajstić information content (AvgIpc) is 2.12. The van der Waals surface area contributed by atoms with Gasteiger partial charge in [-0.15, -0.1) is 0 Å². The van der Waals surface area contributed by atoms with E-state index in [1.165, 1.54) is 6.42 Å². The maximum Gasteiger partial charge on any atom is 0.325 e. The van der Waals surface area contributed by atoms with Gasteiger partial charge in [0.25, 0.3) is 0 Å². The zero-order chi connectivity index (χ0) is 11.9. The Hall–Kier alpha value is -0.570. The normalized spacial score (nSPS) is 11.9. The van der Waals surface area contributed by atoms with Gasteiger partial charge in [0.05, 0.1) is 6.61 Å². The summed E-state index contributed by atoms with van der Waals surface area (Å²) in [4.78, 5) is 11.5. The molecule has 0 aromatic rings. The van der Waals surface area contributed by atoms with Crippen molar-refractivity contribution >= 4 is 5.97 Å². The number of hydrogen-bond acceptors (Lipinski definition) is 3. The molecule has 0 amide bonds. The Balaban J connectivity index is 3.78. The molecule has 0 atom stereocenters. The lowest BCUT2D eigenvalue weighted by Crippen LogP contribution is -2.48. The summed E-state index contributed by atoms with van der Waals surface area (Å²) in [5, 5.41) is 3.22. The molecular weight excluding hydrogens is 190 g/mol. The smallest absolute Gasteiger partial charge is 0.325 e. The summed E-state index contributed by atoms with van der Waals surface area (Å²) >= 11 is 0. The number of carbonyl (C=O) groups excluding carboxylic acids is 1. The van der Waals surface area contributed by atoms with Gasteiger partial charge in [-0.3, -0.25) is 4.79 Å². The predicted molar refractivity (Wildman–Crippen MR) is 62.8 cm³/mol. The van der Waals surface area contributed by atoms with E-state index in [4.69, 9.17) is 4.74 Å². The molecule has 0 aromatic heterocycles. The first-order valence-electron chi connectivity index (χ1n) is 5.82. The van der Waals surface area contributed by atoms with Crippen molar-refractivity contribution < 1.29 is 9.53 Å². The second-order valence-electron chi connectivity index (χ2n) is 4.81. The second kappa shape index (κ2) is 6.83. The number of carbonyl (C=O) groups is 1. The van der Waals surface area contributed by atoms with E-state index in [1.54, 1.807) is 0 Å². The summed E-state index contributed by atoms with van der Waals surface area (Å²) in [5.74, 6) is 0.548. The van der Waals surface area contributed by atoms with Crippen molar-refractivity contribution in [3.63, 3.8) is 0 Å². The van der Waals surface area contributed by atoms with Gasteiger partial charge in [-0.2, -0.15) is 0 Å². The number of nitrogens with one attached hydrogen (secondary N) is 1. The minimum Gasteiger partial charge on any atom is -0.465 e. The van der Waals surface area contributed by atoms with E-state index < -0.39 is 5.54 Å². The molecule has 0 fully saturated rings. The molecule has 0 aliphatic rings. The van der Waals surface area contributed by atoms with Crippen LogP contribution in [0.1, 0.15) is 47.5 Å². The number of hydrogen-bond donors (Lipinski definition) is 1. The second-order valence-corrected chi connectivity index (χ2v) is 4.81. The summed E-state index contributed by atoms with van der Waals surface area (Å²) in [6, 6.07) is 0. The van der Waals surface area contributed by atoms with Crippen molar-refractivity contribution in [1.82, 2.24) is 5.32 Å². The van der Waals surface area contributed by atoms with E-state index in [1.807, 2.05) is 20.8 Å². The largest absolute Gasteiger partial charge is 0.465 e. The van der Waals surface area contributed by atoms with Crippen LogP contribution in [0.25, 0.3) is 0 Å². The highest BCUT2D eigenvalue weighted by Crippen LogP contribution is 2.07. The number of rotatable bonds is 7. The first-order chi connectivity index (χ1) is 6.90. The Morgan fingerprint density at radius 2 is 2.00 bits per heavy atom. The Morgan fingerprint density at radius 1 is 1.40 bits per heavy atom. The lowest BCUT2D eigenvalue weighted by atomic mass is 10.0. The van der Waals surface area contributed by atoms with Crippen LogP contribution in [0.15, 0.2) is 0 Å². The van der Waals surface area contributed by atoms with E-state index in [-0.39, 0.29) is 5.97 Å². The van der Waals surface area contributed by atoms with Gasteiger partial charge >= 0.3 is 5.97 Å². The molecule has 0 rings (SSSR count). The molecule has 0 saturated heterocycles. The SMILES string of the molecule is CCOC(=O)C(C)(C)NCCCC(C)C. The third kappa shape index (κ3) is 6.50. The van der Waals surface area contributed by atoms with Crippen molar-refractivity contribution in [3.8, 4) is 0 Å². The van der Waals surface area contributed by atoms with Crippen molar-refractivity contribution in [2.45, 2.75) is 53.0 Å². The van der Waals surface area contributed by atoms with Gasteiger partial charge in [0.1, 0.15) is 5.54 Å². The van der Waals surface area contributed by atoms with Gasteiger partial charge in [-0.1, -0.05) is 13.8 Å².